The van der Waals surface area contributed by atoms with E-state index in [2.05, 4.69) is 12.2 Å². The fraction of sp³-hybridized carbons (Fsp3) is 0.667. The molecule has 0 radical (unpaired) electrons. The maximum Gasteiger partial charge on any atom is 0.126 e. The summed E-state index contributed by atoms with van der Waals surface area (Å²) in [5.74, 6) is 0.660. The lowest BCUT2D eigenvalue weighted by atomic mass is 9.55. The van der Waals surface area contributed by atoms with E-state index in [4.69, 9.17) is 4.74 Å². The van der Waals surface area contributed by atoms with Gasteiger partial charge in [-0.1, -0.05) is 26.2 Å². The van der Waals surface area contributed by atoms with Crippen LogP contribution in [-0.2, 0) is 0 Å². The Morgan fingerprint density at radius 2 is 2.05 bits per heavy atom. The third kappa shape index (κ3) is 2.68. The van der Waals surface area contributed by atoms with Gasteiger partial charge in [0.25, 0.3) is 0 Å². The van der Waals surface area contributed by atoms with Gasteiger partial charge in [-0.15, -0.1) is 0 Å². The van der Waals surface area contributed by atoms with Crippen LogP contribution in [0.3, 0.4) is 0 Å². The summed E-state index contributed by atoms with van der Waals surface area (Å²) in [6.07, 6.45) is 7.85. The van der Waals surface area contributed by atoms with Gasteiger partial charge in [-0.2, -0.15) is 0 Å². The Morgan fingerprint density at radius 3 is 2.71 bits per heavy atom. The van der Waals surface area contributed by atoms with Gasteiger partial charge in [-0.25, -0.2) is 4.39 Å². The molecular weight excluding hydrogens is 265 g/mol. The molecule has 0 saturated heterocycles. The molecule has 2 saturated carbocycles. The van der Waals surface area contributed by atoms with Crippen LogP contribution >= 0.6 is 0 Å². The second-order valence-electron chi connectivity index (χ2n) is 6.66. The first-order valence-corrected chi connectivity index (χ1v) is 8.32. The van der Waals surface area contributed by atoms with E-state index in [1.165, 1.54) is 38.2 Å². The van der Waals surface area contributed by atoms with Crippen molar-refractivity contribution in [1.82, 2.24) is 5.32 Å². The fourth-order valence-corrected chi connectivity index (χ4v) is 4.18. The molecule has 1 spiro atoms. The van der Waals surface area contributed by atoms with Crippen molar-refractivity contribution in [3.05, 3.63) is 29.6 Å². The van der Waals surface area contributed by atoms with Crippen molar-refractivity contribution >= 4 is 0 Å². The van der Waals surface area contributed by atoms with E-state index in [9.17, 15) is 4.39 Å². The van der Waals surface area contributed by atoms with Gasteiger partial charge in [0.2, 0.25) is 0 Å². The number of benzene rings is 1. The summed E-state index contributed by atoms with van der Waals surface area (Å²) in [5.41, 5.74) is 0.962. The molecular formula is C18H26FNO. The Bertz CT molecular complexity index is 496. The van der Waals surface area contributed by atoms with Crippen molar-refractivity contribution in [3.8, 4) is 5.75 Å². The summed E-state index contributed by atoms with van der Waals surface area (Å²) in [4.78, 5) is 0. The largest absolute Gasteiger partial charge is 0.490 e. The summed E-state index contributed by atoms with van der Waals surface area (Å²) in [6, 6.07) is 5.69. The predicted octanol–water partition coefficient (Wildman–Crippen LogP) is 4.21. The molecule has 2 atom stereocenters. The monoisotopic (exact) mass is 291 g/mol. The Kier molecular flexibility index (Phi) is 4.21. The van der Waals surface area contributed by atoms with E-state index < -0.39 is 0 Å². The number of aryl methyl sites for hydroxylation is 1. The number of halogens is 1. The number of nitrogens with one attached hydrogen (secondary N) is 1. The fourth-order valence-electron chi connectivity index (χ4n) is 4.18. The van der Waals surface area contributed by atoms with Gasteiger partial charge < -0.3 is 10.1 Å². The highest BCUT2D eigenvalue weighted by atomic mass is 19.1. The van der Waals surface area contributed by atoms with Gasteiger partial charge in [0.05, 0.1) is 0 Å². The van der Waals surface area contributed by atoms with Gasteiger partial charge in [0, 0.05) is 17.9 Å². The molecule has 0 aliphatic heterocycles. The molecule has 21 heavy (non-hydrogen) atoms. The average Bonchev–Trinajstić information content (AvgIpc) is 2.50. The second kappa shape index (κ2) is 5.96. The molecule has 2 unspecified atom stereocenters. The summed E-state index contributed by atoms with van der Waals surface area (Å²) in [6.45, 7) is 4.99. The average molecular weight is 291 g/mol. The number of ether oxygens (including phenoxy) is 1. The van der Waals surface area contributed by atoms with E-state index >= 15 is 0 Å². The highest BCUT2D eigenvalue weighted by Crippen LogP contribution is 2.53. The maximum atomic E-state index is 13.4. The van der Waals surface area contributed by atoms with Crippen molar-refractivity contribution in [2.75, 3.05) is 6.54 Å². The number of hydrogen-bond acceptors (Lipinski definition) is 2. The molecule has 2 nitrogen and oxygen atoms in total. The zero-order chi connectivity index (χ0) is 14.9. The van der Waals surface area contributed by atoms with E-state index in [0.29, 0.717) is 17.0 Å². The van der Waals surface area contributed by atoms with E-state index in [-0.39, 0.29) is 11.9 Å². The zero-order valence-corrected chi connectivity index (χ0v) is 13.1. The second-order valence-corrected chi connectivity index (χ2v) is 6.66. The van der Waals surface area contributed by atoms with Crippen LogP contribution in [0.15, 0.2) is 18.2 Å². The van der Waals surface area contributed by atoms with Crippen LogP contribution in [-0.4, -0.2) is 18.7 Å². The Labute approximate surface area is 127 Å². The third-order valence-corrected chi connectivity index (χ3v) is 5.43. The Hall–Kier alpha value is -1.09. The molecule has 116 valence electrons. The van der Waals surface area contributed by atoms with Crippen molar-refractivity contribution in [1.29, 1.82) is 0 Å². The van der Waals surface area contributed by atoms with Gasteiger partial charge in [-0.3, -0.25) is 0 Å². The summed E-state index contributed by atoms with van der Waals surface area (Å²) in [5, 5.41) is 3.64. The molecule has 3 rings (SSSR count). The van der Waals surface area contributed by atoms with Crippen LogP contribution < -0.4 is 10.1 Å². The van der Waals surface area contributed by atoms with Crippen LogP contribution in [0.1, 0.15) is 51.0 Å². The Morgan fingerprint density at radius 1 is 1.29 bits per heavy atom. The smallest absolute Gasteiger partial charge is 0.126 e. The summed E-state index contributed by atoms with van der Waals surface area (Å²) >= 11 is 0. The molecule has 1 aromatic rings. The third-order valence-electron chi connectivity index (χ3n) is 5.43. The van der Waals surface area contributed by atoms with Crippen LogP contribution in [0.2, 0.25) is 0 Å². The highest BCUT2D eigenvalue weighted by molar-refractivity contribution is 5.30. The molecule has 0 heterocycles. The molecule has 2 aliphatic rings. The first-order valence-electron chi connectivity index (χ1n) is 8.32. The minimum Gasteiger partial charge on any atom is -0.490 e. The minimum absolute atomic E-state index is 0.158. The van der Waals surface area contributed by atoms with Gasteiger partial charge >= 0.3 is 0 Å². The zero-order valence-electron chi connectivity index (χ0n) is 13.1. The van der Waals surface area contributed by atoms with Crippen LogP contribution in [0, 0.1) is 18.2 Å². The molecule has 0 amide bonds. The van der Waals surface area contributed by atoms with E-state index in [0.717, 1.165) is 18.7 Å². The van der Waals surface area contributed by atoms with Gasteiger partial charge in [-0.05, 0) is 50.1 Å². The first kappa shape index (κ1) is 14.8. The van der Waals surface area contributed by atoms with Crippen molar-refractivity contribution < 1.29 is 9.13 Å². The molecule has 1 N–H and O–H groups in total. The standard InChI is InChI=1S/C18H26FNO/c1-3-20-16-12-17(18(16)9-5-4-6-10-18)21-14-7-8-15(19)13(2)11-14/h7-8,11,16-17,20H,3-6,9-10,12H2,1-2H3. The summed E-state index contributed by atoms with van der Waals surface area (Å²) in [7, 11) is 0. The van der Waals surface area contributed by atoms with E-state index in [1.807, 2.05) is 6.07 Å². The van der Waals surface area contributed by atoms with Crippen molar-refractivity contribution in [2.45, 2.75) is 64.5 Å². The first-order chi connectivity index (χ1) is 10.2. The topological polar surface area (TPSA) is 21.3 Å². The maximum absolute atomic E-state index is 13.4. The number of rotatable bonds is 4. The van der Waals surface area contributed by atoms with E-state index in [1.54, 1.807) is 13.0 Å². The molecule has 0 bridgehead atoms. The predicted molar refractivity (Wildman–Crippen MR) is 83.2 cm³/mol. The number of hydrogen-bond donors (Lipinski definition) is 1. The minimum atomic E-state index is -0.158. The highest BCUT2D eigenvalue weighted by Gasteiger charge is 2.56. The Balaban J connectivity index is 1.73. The lowest BCUT2D eigenvalue weighted by Crippen LogP contribution is -2.65. The van der Waals surface area contributed by atoms with Crippen LogP contribution in [0.25, 0.3) is 0 Å². The van der Waals surface area contributed by atoms with Gasteiger partial charge in [0.1, 0.15) is 17.7 Å². The van der Waals surface area contributed by atoms with Crippen molar-refractivity contribution in [3.63, 3.8) is 0 Å². The lowest BCUT2D eigenvalue weighted by Gasteiger charge is -2.57. The molecule has 2 fully saturated rings. The summed E-state index contributed by atoms with van der Waals surface area (Å²) < 4.78 is 19.6. The lowest BCUT2D eigenvalue weighted by molar-refractivity contribution is -0.102. The molecule has 2 aliphatic carbocycles. The SMILES string of the molecule is CCNC1CC(Oc2ccc(F)c(C)c2)C12CCCCC2. The van der Waals surface area contributed by atoms with Crippen molar-refractivity contribution in [2.24, 2.45) is 5.41 Å². The van der Waals surface area contributed by atoms with Crippen LogP contribution in [0.4, 0.5) is 4.39 Å². The normalized spacial score (nSPS) is 27.4. The molecule has 3 heteroatoms. The quantitative estimate of drug-likeness (QED) is 0.897. The van der Waals surface area contributed by atoms with Gasteiger partial charge in [0.15, 0.2) is 0 Å². The molecule has 1 aromatic carbocycles. The molecule has 0 aromatic heterocycles. The van der Waals surface area contributed by atoms with Crippen LogP contribution in [0.5, 0.6) is 5.75 Å².